The van der Waals surface area contributed by atoms with Crippen molar-refractivity contribution in [3.63, 3.8) is 0 Å². The number of amides is 1. The van der Waals surface area contributed by atoms with Crippen molar-refractivity contribution in [2.45, 2.75) is 6.61 Å². The lowest BCUT2D eigenvalue weighted by Crippen LogP contribution is -2.17. The maximum Gasteiger partial charge on any atom is 0.285 e. The van der Waals surface area contributed by atoms with E-state index in [0.717, 1.165) is 11.3 Å². The minimum Gasteiger partial charge on any atom is -0.507 e. The second-order valence-corrected chi connectivity index (χ2v) is 5.51. The number of nitrogens with one attached hydrogen (secondary N) is 1. The van der Waals surface area contributed by atoms with Gasteiger partial charge in [-0.05, 0) is 35.9 Å². The van der Waals surface area contributed by atoms with Crippen LogP contribution in [0.5, 0.6) is 17.4 Å². The van der Waals surface area contributed by atoms with Crippen molar-refractivity contribution in [2.24, 2.45) is 5.10 Å². The monoisotopic (exact) mass is 366 g/mol. The lowest BCUT2D eigenvalue weighted by molar-refractivity contribution is 0.0952. The van der Waals surface area contributed by atoms with E-state index in [4.69, 9.17) is 13.9 Å². The molecule has 1 heterocycles. The molecule has 138 valence electrons. The number of benzene rings is 2. The summed E-state index contributed by atoms with van der Waals surface area (Å²) in [5, 5.41) is 13.4. The predicted molar refractivity (Wildman–Crippen MR) is 99.2 cm³/mol. The fourth-order valence-corrected chi connectivity index (χ4v) is 2.24. The Morgan fingerprint density at radius 1 is 1.15 bits per heavy atom. The minimum absolute atomic E-state index is 0.114. The first kappa shape index (κ1) is 18.1. The van der Waals surface area contributed by atoms with E-state index in [0.29, 0.717) is 18.3 Å². The first-order valence-corrected chi connectivity index (χ1v) is 8.12. The Kier molecular flexibility index (Phi) is 5.73. The summed E-state index contributed by atoms with van der Waals surface area (Å²) in [4.78, 5) is 11.9. The molecule has 0 unspecified atom stereocenters. The molecule has 2 N–H and O–H groups in total. The highest BCUT2D eigenvalue weighted by Gasteiger charge is 2.09. The molecule has 0 spiro atoms. The van der Waals surface area contributed by atoms with Crippen LogP contribution in [0.3, 0.4) is 0 Å². The summed E-state index contributed by atoms with van der Waals surface area (Å²) in [5.74, 6) is 0.891. The third kappa shape index (κ3) is 4.88. The van der Waals surface area contributed by atoms with Crippen LogP contribution in [0.25, 0.3) is 0 Å². The zero-order chi connectivity index (χ0) is 19.1. The number of carbonyl (C=O) groups is 1. The summed E-state index contributed by atoms with van der Waals surface area (Å²) in [5.41, 5.74) is 3.43. The first-order valence-electron chi connectivity index (χ1n) is 8.12. The molecule has 0 saturated carbocycles. The maximum atomic E-state index is 11.9. The summed E-state index contributed by atoms with van der Waals surface area (Å²) in [6.07, 6.45) is 1.35. The van der Waals surface area contributed by atoms with Gasteiger partial charge in [-0.15, -0.1) is 0 Å². The molecule has 7 heteroatoms. The second-order valence-electron chi connectivity index (χ2n) is 5.51. The van der Waals surface area contributed by atoms with Crippen molar-refractivity contribution in [3.05, 3.63) is 77.6 Å². The van der Waals surface area contributed by atoms with Crippen LogP contribution in [0.1, 0.15) is 21.7 Å². The van der Waals surface area contributed by atoms with Crippen molar-refractivity contribution in [1.82, 2.24) is 5.43 Å². The molecule has 0 bridgehead atoms. The predicted octanol–water partition coefficient (Wildman–Crippen LogP) is 3.34. The zero-order valence-electron chi connectivity index (χ0n) is 14.6. The molecule has 1 aromatic heterocycles. The maximum absolute atomic E-state index is 11.9. The molecule has 3 rings (SSSR count). The quantitative estimate of drug-likeness (QED) is 0.494. The van der Waals surface area contributed by atoms with Crippen LogP contribution in [-0.4, -0.2) is 24.3 Å². The van der Waals surface area contributed by atoms with E-state index in [2.05, 4.69) is 10.5 Å². The van der Waals surface area contributed by atoms with Gasteiger partial charge in [0.15, 0.2) is 5.76 Å². The minimum atomic E-state index is -0.521. The normalized spacial score (nSPS) is 10.7. The molecule has 0 fully saturated rings. The van der Waals surface area contributed by atoms with E-state index >= 15 is 0 Å². The van der Waals surface area contributed by atoms with Crippen LogP contribution >= 0.6 is 0 Å². The Balaban J connectivity index is 1.52. The van der Waals surface area contributed by atoms with E-state index < -0.39 is 5.91 Å². The number of hydrogen-bond donors (Lipinski definition) is 2. The molecular weight excluding hydrogens is 348 g/mol. The molecule has 0 aliphatic carbocycles. The van der Waals surface area contributed by atoms with Gasteiger partial charge in [-0.3, -0.25) is 4.79 Å². The van der Waals surface area contributed by atoms with Crippen LogP contribution in [0, 0.1) is 0 Å². The van der Waals surface area contributed by atoms with Crippen molar-refractivity contribution in [1.29, 1.82) is 0 Å². The molecule has 2 aromatic carbocycles. The topological polar surface area (TPSA) is 93.3 Å². The van der Waals surface area contributed by atoms with Gasteiger partial charge in [-0.2, -0.15) is 5.10 Å². The van der Waals surface area contributed by atoms with Gasteiger partial charge < -0.3 is 19.0 Å². The Hall–Kier alpha value is -3.74. The largest absolute Gasteiger partial charge is 0.507 e. The third-order valence-electron chi connectivity index (χ3n) is 3.65. The Bertz CT molecular complexity index is 932. The van der Waals surface area contributed by atoms with E-state index in [-0.39, 0.29) is 11.3 Å². The number of ether oxygens (including phenoxy) is 2. The molecule has 0 saturated heterocycles. The van der Waals surface area contributed by atoms with Gasteiger partial charge in [0, 0.05) is 6.07 Å². The molecule has 0 aliphatic heterocycles. The SMILES string of the molecule is COc1ccc(COc2ccc(/C=N/NC(=O)c3ccccc3O)o2)cc1. The van der Waals surface area contributed by atoms with Gasteiger partial charge in [-0.1, -0.05) is 24.3 Å². The molecule has 27 heavy (non-hydrogen) atoms. The molecular formula is C20H18N2O5. The molecule has 0 atom stereocenters. The fourth-order valence-electron chi connectivity index (χ4n) is 2.24. The number of rotatable bonds is 7. The van der Waals surface area contributed by atoms with Crippen molar-refractivity contribution < 1.29 is 23.8 Å². The van der Waals surface area contributed by atoms with Gasteiger partial charge in [0.05, 0.1) is 18.9 Å². The second kappa shape index (κ2) is 8.57. The number of furan rings is 1. The molecule has 7 nitrogen and oxygen atoms in total. The number of phenols is 1. The number of para-hydroxylation sites is 1. The number of hydrogen-bond acceptors (Lipinski definition) is 6. The Morgan fingerprint density at radius 3 is 2.67 bits per heavy atom. The van der Waals surface area contributed by atoms with Crippen molar-refractivity contribution >= 4 is 12.1 Å². The average Bonchev–Trinajstić information content (AvgIpc) is 3.15. The number of hydrazone groups is 1. The van der Waals surface area contributed by atoms with E-state index in [9.17, 15) is 9.90 Å². The highest BCUT2D eigenvalue weighted by Crippen LogP contribution is 2.18. The van der Waals surface area contributed by atoms with Crippen molar-refractivity contribution in [3.8, 4) is 17.4 Å². The Labute approximate surface area is 155 Å². The number of carbonyl (C=O) groups excluding carboxylic acids is 1. The lowest BCUT2D eigenvalue weighted by atomic mass is 10.2. The third-order valence-corrected chi connectivity index (χ3v) is 3.65. The van der Waals surface area contributed by atoms with Gasteiger partial charge in [0.25, 0.3) is 11.9 Å². The summed E-state index contributed by atoms with van der Waals surface area (Å²) < 4.78 is 16.1. The van der Waals surface area contributed by atoms with Gasteiger partial charge >= 0.3 is 0 Å². The molecule has 0 aliphatic rings. The molecule has 0 radical (unpaired) electrons. The van der Waals surface area contributed by atoms with Gasteiger partial charge in [0.2, 0.25) is 0 Å². The highest BCUT2D eigenvalue weighted by molar-refractivity contribution is 5.97. The Morgan fingerprint density at radius 2 is 1.93 bits per heavy atom. The van der Waals surface area contributed by atoms with Crippen LogP contribution in [0.15, 0.2) is 70.2 Å². The number of aromatic hydroxyl groups is 1. The summed E-state index contributed by atoms with van der Waals surface area (Å²) in [6.45, 7) is 0.345. The standard InChI is InChI=1S/C20H18N2O5/c1-25-15-8-6-14(7-9-15)13-26-19-11-10-16(27-19)12-21-22-20(24)17-4-2-3-5-18(17)23/h2-12,23H,13H2,1H3,(H,22,24)/b21-12+. The van der Waals surface area contributed by atoms with Crippen LogP contribution < -0.4 is 14.9 Å². The first-order chi connectivity index (χ1) is 13.2. The highest BCUT2D eigenvalue weighted by atomic mass is 16.6. The zero-order valence-corrected chi connectivity index (χ0v) is 14.6. The number of methoxy groups -OCH3 is 1. The number of nitrogens with zero attached hydrogens (tertiary/aromatic N) is 1. The summed E-state index contributed by atoms with van der Waals surface area (Å²) >= 11 is 0. The summed E-state index contributed by atoms with van der Waals surface area (Å²) in [6, 6.07) is 17.0. The summed E-state index contributed by atoms with van der Waals surface area (Å²) in [7, 11) is 1.61. The molecule has 3 aromatic rings. The number of phenolic OH excluding ortho intramolecular Hbond substituents is 1. The fraction of sp³-hybridized carbons (Fsp3) is 0.100. The lowest BCUT2D eigenvalue weighted by Gasteiger charge is -2.04. The van der Waals surface area contributed by atoms with Crippen LogP contribution in [0.2, 0.25) is 0 Å². The van der Waals surface area contributed by atoms with Crippen molar-refractivity contribution in [2.75, 3.05) is 7.11 Å². The average molecular weight is 366 g/mol. The van der Waals surface area contributed by atoms with E-state index in [1.165, 1.54) is 18.3 Å². The van der Waals surface area contributed by atoms with Gasteiger partial charge in [0.1, 0.15) is 18.1 Å². The van der Waals surface area contributed by atoms with E-state index in [1.807, 2.05) is 24.3 Å². The van der Waals surface area contributed by atoms with E-state index in [1.54, 1.807) is 31.4 Å². The van der Waals surface area contributed by atoms with Crippen LogP contribution in [0.4, 0.5) is 0 Å². The molecule has 1 amide bonds. The smallest absolute Gasteiger partial charge is 0.285 e. The van der Waals surface area contributed by atoms with Crippen LogP contribution in [-0.2, 0) is 6.61 Å². The van der Waals surface area contributed by atoms with Gasteiger partial charge in [-0.25, -0.2) is 5.43 Å².